The molecule has 3 rings (SSSR count). The van der Waals surface area contributed by atoms with Gasteiger partial charge in [-0.3, -0.25) is 4.79 Å². The third-order valence-corrected chi connectivity index (χ3v) is 5.23. The van der Waals surface area contributed by atoms with Gasteiger partial charge >= 0.3 is 0 Å². The minimum atomic E-state index is -0.0512. The number of hydrogen-bond donors (Lipinski definition) is 1. The first-order valence-electron chi connectivity index (χ1n) is 8.80. The molecular weight excluding hydrogens is 408 g/mol. The van der Waals surface area contributed by atoms with E-state index < -0.39 is 0 Å². The average molecular weight is 431 g/mol. The van der Waals surface area contributed by atoms with E-state index in [9.17, 15) is 4.79 Å². The molecule has 0 aliphatic carbocycles. The van der Waals surface area contributed by atoms with E-state index in [-0.39, 0.29) is 5.91 Å². The van der Waals surface area contributed by atoms with Gasteiger partial charge in [0.1, 0.15) is 11.5 Å². The SMILES string of the molecule is COc1ccc(CN(C(=O)c2cc(OC)ccc2Br)C2=CCNCC2)cc1. The Hall–Kier alpha value is -2.31. The highest BCUT2D eigenvalue weighted by Gasteiger charge is 2.23. The summed E-state index contributed by atoms with van der Waals surface area (Å²) in [5, 5.41) is 3.30. The number of carbonyl (C=O) groups is 1. The molecule has 2 aromatic rings. The van der Waals surface area contributed by atoms with Crippen LogP contribution in [0, 0.1) is 0 Å². The van der Waals surface area contributed by atoms with Crippen LogP contribution in [0.25, 0.3) is 0 Å². The van der Waals surface area contributed by atoms with Crippen LogP contribution >= 0.6 is 15.9 Å². The number of halogens is 1. The molecule has 0 spiro atoms. The van der Waals surface area contributed by atoms with Gasteiger partial charge in [-0.25, -0.2) is 0 Å². The molecule has 0 fully saturated rings. The predicted molar refractivity (Wildman–Crippen MR) is 109 cm³/mol. The van der Waals surface area contributed by atoms with Crippen molar-refractivity contribution >= 4 is 21.8 Å². The Morgan fingerprint density at radius 2 is 1.81 bits per heavy atom. The maximum absolute atomic E-state index is 13.4. The van der Waals surface area contributed by atoms with Crippen molar-refractivity contribution in [2.75, 3.05) is 27.3 Å². The van der Waals surface area contributed by atoms with E-state index in [1.165, 1.54) is 0 Å². The van der Waals surface area contributed by atoms with Crippen LogP contribution in [-0.2, 0) is 6.54 Å². The van der Waals surface area contributed by atoms with Gasteiger partial charge in [-0.05, 0) is 51.8 Å². The fourth-order valence-electron chi connectivity index (χ4n) is 3.01. The van der Waals surface area contributed by atoms with Crippen LogP contribution in [0.4, 0.5) is 0 Å². The summed E-state index contributed by atoms with van der Waals surface area (Å²) < 4.78 is 11.3. The van der Waals surface area contributed by atoms with E-state index in [1.807, 2.05) is 41.3 Å². The standard InChI is InChI=1S/C21H23BrN2O3/c1-26-17-5-3-15(4-6-17)14-24(16-9-11-23-12-10-16)21(25)19-13-18(27-2)7-8-20(19)22/h3-9,13,23H,10-12,14H2,1-2H3. The Morgan fingerprint density at radius 3 is 2.44 bits per heavy atom. The first-order valence-corrected chi connectivity index (χ1v) is 9.59. The Bertz CT molecular complexity index is 834. The van der Waals surface area contributed by atoms with Crippen molar-refractivity contribution in [3.8, 4) is 11.5 Å². The summed E-state index contributed by atoms with van der Waals surface area (Å²) >= 11 is 3.51. The minimum absolute atomic E-state index is 0.0512. The Kier molecular flexibility index (Phi) is 6.53. The summed E-state index contributed by atoms with van der Waals surface area (Å²) in [6.07, 6.45) is 2.89. The maximum Gasteiger partial charge on any atom is 0.259 e. The Balaban J connectivity index is 1.93. The van der Waals surface area contributed by atoms with E-state index >= 15 is 0 Å². The Morgan fingerprint density at radius 1 is 1.11 bits per heavy atom. The molecule has 142 valence electrons. The fraction of sp³-hybridized carbons (Fsp3) is 0.286. The Labute approximate surface area is 168 Å². The van der Waals surface area contributed by atoms with Crippen LogP contribution < -0.4 is 14.8 Å². The second-order valence-electron chi connectivity index (χ2n) is 6.23. The van der Waals surface area contributed by atoms with Gasteiger partial charge in [-0.2, -0.15) is 0 Å². The van der Waals surface area contributed by atoms with Crippen LogP contribution in [0.1, 0.15) is 22.3 Å². The van der Waals surface area contributed by atoms with Gasteiger partial charge < -0.3 is 19.7 Å². The fourth-order valence-corrected chi connectivity index (χ4v) is 3.43. The average Bonchev–Trinajstić information content (AvgIpc) is 2.73. The van der Waals surface area contributed by atoms with E-state index in [4.69, 9.17) is 9.47 Å². The van der Waals surface area contributed by atoms with Gasteiger partial charge in [0.25, 0.3) is 5.91 Å². The molecule has 0 unspecified atom stereocenters. The molecule has 0 saturated heterocycles. The summed E-state index contributed by atoms with van der Waals surface area (Å²) in [5.74, 6) is 1.41. The molecule has 2 aromatic carbocycles. The van der Waals surface area contributed by atoms with Crippen molar-refractivity contribution in [2.45, 2.75) is 13.0 Å². The number of methoxy groups -OCH3 is 2. The smallest absolute Gasteiger partial charge is 0.259 e. The van der Waals surface area contributed by atoms with Crippen LogP contribution in [0.5, 0.6) is 11.5 Å². The quantitative estimate of drug-likeness (QED) is 0.752. The van der Waals surface area contributed by atoms with Gasteiger partial charge in [0, 0.05) is 29.7 Å². The van der Waals surface area contributed by atoms with Gasteiger partial charge in [0.15, 0.2) is 0 Å². The molecule has 1 amide bonds. The minimum Gasteiger partial charge on any atom is -0.497 e. The zero-order chi connectivity index (χ0) is 19.2. The summed E-state index contributed by atoms with van der Waals surface area (Å²) in [6, 6.07) is 13.2. The third kappa shape index (κ3) is 4.70. The first kappa shape index (κ1) is 19.5. The number of nitrogens with zero attached hydrogens (tertiary/aromatic N) is 1. The van der Waals surface area contributed by atoms with Crippen molar-refractivity contribution in [3.05, 3.63) is 69.8 Å². The maximum atomic E-state index is 13.4. The van der Waals surface area contributed by atoms with Crippen molar-refractivity contribution in [2.24, 2.45) is 0 Å². The first-order chi connectivity index (χ1) is 13.1. The molecule has 0 aromatic heterocycles. The molecule has 0 atom stereocenters. The second-order valence-corrected chi connectivity index (χ2v) is 7.09. The molecule has 27 heavy (non-hydrogen) atoms. The molecule has 6 heteroatoms. The van der Waals surface area contributed by atoms with Gasteiger partial charge in [-0.15, -0.1) is 0 Å². The lowest BCUT2D eigenvalue weighted by Gasteiger charge is -2.29. The summed E-state index contributed by atoms with van der Waals surface area (Å²) in [4.78, 5) is 15.3. The number of nitrogens with one attached hydrogen (secondary N) is 1. The molecule has 1 aliphatic rings. The van der Waals surface area contributed by atoms with Gasteiger partial charge in [0.05, 0.1) is 26.3 Å². The largest absolute Gasteiger partial charge is 0.497 e. The molecule has 1 aliphatic heterocycles. The lowest BCUT2D eigenvalue weighted by atomic mass is 10.1. The van der Waals surface area contributed by atoms with Crippen molar-refractivity contribution in [1.29, 1.82) is 0 Å². The van der Waals surface area contributed by atoms with Crippen LogP contribution in [0.3, 0.4) is 0 Å². The van der Waals surface area contributed by atoms with Crippen LogP contribution in [-0.4, -0.2) is 38.1 Å². The summed E-state index contributed by atoms with van der Waals surface area (Å²) in [6.45, 7) is 2.12. The number of benzene rings is 2. The molecular formula is C21H23BrN2O3. The molecule has 5 nitrogen and oxygen atoms in total. The molecule has 0 bridgehead atoms. The van der Waals surface area contributed by atoms with E-state index in [0.29, 0.717) is 17.9 Å². The summed E-state index contributed by atoms with van der Waals surface area (Å²) in [7, 11) is 3.24. The van der Waals surface area contributed by atoms with E-state index in [2.05, 4.69) is 27.3 Å². The lowest BCUT2D eigenvalue weighted by Crippen LogP contribution is -2.34. The molecule has 0 radical (unpaired) electrons. The van der Waals surface area contributed by atoms with Crippen molar-refractivity contribution in [3.63, 3.8) is 0 Å². The second kappa shape index (κ2) is 9.06. The monoisotopic (exact) mass is 430 g/mol. The topological polar surface area (TPSA) is 50.8 Å². The zero-order valence-electron chi connectivity index (χ0n) is 15.5. The number of ether oxygens (including phenoxy) is 2. The normalized spacial score (nSPS) is 13.7. The van der Waals surface area contributed by atoms with Crippen LogP contribution in [0.15, 0.2) is 58.7 Å². The van der Waals surface area contributed by atoms with Gasteiger partial charge in [-0.1, -0.05) is 18.2 Å². The highest BCUT2D eigenvalue weighted by atomic mass is 79.9. The van der Waals surface area contributed by atoms with E-state index in [0.717, 1.165) is 41.0 Å². The third-order valence-electron chi connectivity index (χ3n) is 4.54. The number of hydrogen-bond acceptors (Lipinski definition) is 4. The van der Waals surface area contributed by atoms with E-state index in [1.54, 1.807) is 20.3 Å². The molecule has 1 N–H and O–H groups in total. The zero-order valence-corrected chi connectivity index (χ0v) is 17.1. The molecule has 1 heterocycles. The van der Waals surface area contributed by atoms with Crippen molar-refractivity contribution in [1.82, 2.24) is 10.2 Å². The van der Waals surface area contributed by atoms with Crippen LogP contribution in [0.2, 0.25) is 0 Å². The van der Waals surface area contributed by atoms with Crippen molar-refractivity contribution < 1.29 is 14.3 Å². The lowest BCUT2D eigenvalue weighted by molar-refractivity contribution is 0.0787. The van der Waals surface area contributed by atoms with Gasteiger partial charge in [0.2, 0.25) is 0 Å². The number of carbonyl (C=O) groups excluding carboxylic acids is 1. The number of amides is 1. The predicted octanol–water partition coefficient (Wildman–Crippen LogP) is 3.99. The highest BCUT2D eigenvalue weighted by molar-refractivity contribution is 9.10. The molecule has 0 saturated carbocycles. The highest BCUT2D eigenvalue weighted by Crippen LogP contribution is 2.27. The summed E-state index contributed by atoms with van der Waals surface area (Å²) in [5.41, 5.74) is 2.66. The number of rotatable bonds is 6.